The van der Waals surface area contributed by atoms with E-state index in [9.17, 15) is 5.11 Å². The lowest BCUT2D eigenvalue weighted by Crippen LogP contribution is -2.03. The van der Waals surface area contributed by atoms with Crippen molar-refractivity contribution in [1.82, 2.24) is 0 Å². The molecule has 1 heterocycles. The summed E-state index contributed by atoms with van der Waals surface area (Å²) in [6.45, 7) is 0. The highest BCUT2D eigenvalue weighted by Crippen LogP contribution is 2.40. The lowest BCUT2D eigenvalue weighted by molar-refractivity contribution is 0.170. The molecule has 102 valence electrons. The topological polar surface area (TPSA) is 51.8 Å². The smallest absolute Gasteiger partial charge is 0.179 e. The van der Waals surface area contributed by atoms with E-state index in [0.717, 1.165) is 0 Å². The molecule has 0 saturated carbocycles. The number of ether oxygens (including phenoxy) is 2. The first-order valence-electron chi connectivity index (χ1n) is 5.78. The van der Waals surface area contributed by atoms with Gasteiger partial charge in [-0.1, -0.05) is 17.7 Å². The van der Waals surface area contributed by atoms with Crippen molar-refractivity contribution in [2.75, 3.05) is 14.2 Å². The SMILES string of the molecule is COc1ccc(C(O)Cc2ccco2)c(Cl)c1OC. The molecule has 1 atom stereocenters. The van der Waals surface area contributed by atoms with Gasteiger partial charge in [-0.15, -0.1) is 0 Å². The number of benzene rings is 1. The first-order valence-corrected chi connectivity index (χ1v) is 6.16. The monoisotopic (exact) mass is 282 g/mol. The fourth-order valence-electron chi connectivity index (χ4n) is 1.89. The second-order valence-corrected chi connectivity index (χ2v) is 4.38. The van der Waals surface area contributed by atoms with E-state index < -0.39 is 6.10 Å². The molecule has 2 aromatic rings. The second-order valence-electron chi connectivity index (χ2n) is 4.00. The van der Waals surface area contributed by atoms with Gasteiger partial charge in [0.2, 0.25) is 0 Å². The molecule has 2 rings (SSSR count). The van der Waals surface area contributed by atoms with E-state index in [2.05, 4.69) is 0 Å². The van der Waals surface area contributed by atoms with Gasteiger partial charge in [-0.2, -0.15) is 0 Å². The summed E-state index contributed by atoms with van der Waals surface area (Å²) in [6.07, 6.45) is 1.15. The van der Waals surface area contributed by atoms with Gasteiger partial charge in [-0.3, -0.25) is 0 Å². The molecule has 0 radical (unpaired) electrons. The summed E-state index contributed by atoms with van der Waals surface area (Å²) < 4.78 is 15.6. The molecule has 0 saturated heterocycles. The van der Waals surface area contributed by atoms with Gasteiger partial charge < -0.3 is 19.0 Å². The van der Waals surface area contributed by atoms with Crippen LogP contribution in [0.15, 0.2) is 34.9 Å². The highest BCUT2D eigenvalue weighted by molar-refractivity contribution is 6.33. The van der Waals surface area contributed by atoms with E-state index >= 15 is 0 Å². The maximum atomic E-state index is 10.2. The Morgan fingerprint density at radius 2 is 2.05 bits per heavy atom. The van der Waals surface area contributed by atoms with Crippen molar-refractivity contribution in [2.45, 2.75) is 12.5 Å². The number of hydrogen-bond donors (Lipinski definition) is 1. The van der Waals surface area contributed by atoms with Crippen molar-refractivity contribution in [3.05, 3.63) is 46.9 Å². The van der Waals surface area contributed by atoms with Crippen LogP contribution in [0.3, 0.4) is 0 Å². The molecule has 1 aromatic heterocycles. The third kappa shape index (κ3) is 2.85. The molecule has 1 N–H and O–H groups in total. The minimum Gasteiger partial charge on any atom is -0.493 e. The third-order valence-electron chi connectivity index (χ3n) is 2.85. The molecule has 0 amide bonds. The standard InChI is InChI=1S/C14H15ClO4/c1-17-12-6-5-10(13(15)14(12)18-2)11(16)8-9-4-3-7-19-9/h3-7,11,16H,8H2,1-2H3. The molecular weight excluding hydrogens is 268 g/mol. The van der Waals surface area contributed by atoms with E-state index in [4.69, 9.17) is 25.5 Å². The highest BCUT2D eigenvalue weighted by Gasteiger charge is 2.19. The molecular formula is C14H15ClO4. The first-order chi connectivity index (χ1) is 9.17. The molecule has 1 aromatic carbocycles. The largest absolute Gasteiger partial charge is 0.493 e. The van der Waals surface area contributed by atoms with Crippen LogP contribution in [-0.4, -0.2) is 19.3 Å². The van der Waals surface area contributed by atoms with Crippen LogP contribution in [0.5, 0.6) is 11.5 Å². The first kappa shape index (κ1) is 13.8. The zero-order valence-corrected chi connectivity index (χ0v) is 11.5. The van der Waals surface area contributed by atoms with Gasteiger partial charge in [0, 0.05) is 12.0 Å². The maximum absolute atomic E-state index is 10.2. The van der Waals surface area contributed by atoms with E-state index in [1.807, 2.05) is 0 Å². The maximum Gasteiger partial charge on any atom is 0.179 e. The minimum absolute atomic E-state index is 0.348. The van der Waals surface area contributed by atoms with Gasteiger partial charge in [-0.05, 0) is 18.2 Å². The molecule has 1 unspecified atom stereocenters. The van der Waals surface area contributed by atoms with Gasteiger partial charge in [0.25, 0.3) is 0 Å². The molecule has 0 aliphatic carbocycles. The average Bonchev–Trinajstić information content (AvgIpc) is 2.90. The van der Waals surface area contributed by atoms with Crippen molar-refractivity contribution in [3.63, 3.8) is 0 Å². The fraction of sp³-hybridized carbons (Fsp3) is 0.286. The Balaban J connectivity index is 2.29. The van der Waals surface area contributed by atoms with E-state index in [-0.39, 0.29) is 0 Å². The van der Waals surface area contributed by atoms with Crippen LogP contribution in [0.4, 0.5) is 0 Å². The van der Waals surface area contributed by atoms with Crippen molar-refractivity contribution >= 4 is 11.6 Å². The van der Waals surface area contributed by atoms with Crippen LogP contribution in [0, 0.1) is 0 Å². The van der Waals surface area contributed by atoms with Crippen LogP contribution >= 0.6 is 11.6 Å². The Bertz CT molecular complexity index is 537. The number of halogens is 1. The number of furan rings is 1. The van der Waals surface area contributed by atoms with E-state index in [1.165, 1.54) is 14.2 Å². The molecule has 0 aliphatic rings. The summed E-state index contributed by atoms with van der Waals surface area (Å²) in [7, 11) is 3.04. The third-order valence-corrected chi connectivity index (χ3v) is 3.24. The summed E-state index contributed by atoms with van der Waals surface area (Å²) in [4.78, 5) is 0. The highest BCUT2D eigenvalue weighted by atomic mass is 35.5. The Morgan fingerprint density at radius 3 is 2.63 bits per heavy atom. The molecule has 4 nitrogen and oxygen atoms in total. The van der Waals surface area contributed by atoms with Crippen molar-refractivity contribution in [2.24, 2.45) is 0 Å². The Morgan fingerprint density at radius 1 is 1.26 bits per heavy atom. The average molecular weight is 283 g/mol. The normalized spacial score (nSPS) is 12.2. The molecule has 0 bridgehead atoms. The number of methoxy groups -OCH3 is 2. The lowest BCUT2D eigenvalue weighted by Gasteiger charge is -2.16. The van der Waals surface area contributed by atoms with Crippen LogP contribution < -0.4 is 9.47 Å². The summed E-state index contributed by atoms with van der Waals surface area (Å²) >= 11 is 6.23. The fourth-order valence-corrected chi connectivity index (χ4v) is 2.25. The van der Waals surface area contributed by atoms with Crippen molar-refractivity contribution < 1.29 is 19.0 Å². The van der Waals surface area contributed by atoms with E-state index in [0.29, 0.717) is 34.3 Å². The number of aliphatic hydroxyl groups is 1. The molecule has 19 heavy (non-hydrogen) atoms. The summed E-state index contributed by atoms with van der Waals surface area (Å²) in [5.41, 5.74) is 0.579. The Hall–Kier alpha value is -1.65. The number of aliphatic hydroxyl groups excluding tert-OH is 1. The van der Waals surface area contributed by atoms with Crippen LogP contribution in [-0.2, 0) is 6.42 Å². The molecule has 5 heteroatoms. The van der Waals surface area contributed by atoms with E-state index in [1.54, 1.807) is 30.5 Å². The second kappa shape index (κ2) is 5.99. The zero-order chi connectivity index (χ0) is 13.8. The predicted octanol–water partition coefficient (Wildman–Crippen LogP) is 3.23. The number of hydrogen-bond acceptors (Lipinski definition) is 4. The van der Waals surface area contributed by atoms with Gasteiger partial charge >= 0.3 is 0 Å². The Kier molecular flexibility index (Phi) is 4.35. The van der Waals surface area contributed by atoms with Gasteiger partial charge in [0.1, 0.15) is 5.76 Å². The van der Waals surface area contributed by atoms with Crippen molar-refractivity contribution in [1.29, 1.82) is 0 Å². The zero-order valence-electron chi connectivity index (χ0n) is 10.7. The predicted molar refractivity (Wildman–Crippen MR) is 71.9 cm³/mol. The van der Waals surface area contributed by atoms with Crippen LogP contribution in [0.25, 0.3) is 0 Å². The summed E-state index contributed by atoms with van der Waals surface area (Å²) in [5, 5.41) is 10.6. The quantitative estimate of drug-likeness (QED) is 0.915. The number of rotatable bonds is 5. The molecule has 0 aliphatic heterocycles. The van der Waals surface area contributed by atoms with Gasteiger partial charge in [-0.25, -0.2) is 0 Å². The Labute approximate surface area is 116 Å². The van der Waals surface area contributed by atoms with Gasteiger partial charge in [0.05, 0.1) is 31.6 Å². The molecule has 0 spiro atoms. The minimum atomic E-state index is -0.765. The summed E-state index contributed by atoms with van der Waals surface area (Å²) in [5.74, 6) is 1.64. The lowest BCUT2D eigenvalue weighted by atomic mass is 10.0. The van der Waals surface area contributed by atoms with Gasteiger partial charge in [0.15, 0.2) is 11.5 Å². The summed E-state index contributed by atoms with van der Waals surface area (Å²) in [6, 6.07) is 7.01. The van der Waals surface area contributed by atoms with Crippen LogP contribution in [0.1, 0.15) is 17.4 Å². The molecule has 0 fully saturated rings. The van der Waals surface area contributed by atoms with Crippen molar-refractivity contribution in [3.8, 4) is 11.5 Å². The van der Waals surface area contributed by atoms with Crippen LogP contribution in [0.2, 0.25) is 5.02 Å².